The summed E-state index contributed by atoms with van der Waals surface area (Å²) < 4.78 is 17.7. The zero-order valence-electron chi connectivity index (χ0n) is 11.4. The highest BCUT2D eigenvalue weighted by Crippen LogP contribution is 2.43. The molecule has 3 rings (SSSR count). The number of rotatable bonds is 1. The van der Waals surface area contributed by atoms with Gasteiger partial charge in [0.2, 0.25) is 0 Å². The maximum absolute atomic E-state index is 10.2. The summed E-state index contributed by atoms with van der Waals surface area (Å²) in [5.41, 5.74) is 1.05. The van der Waals surface area contributed by atoms with Crippen molar-refractivity contribution in [2.24, 2.45) is 0 Å². The second-order valence-corrected chi connectivity index (χ2v) is 5.73. The molecule has 1 aromatic rings. The molecule has 2 fully saturated rings. The summed E-state index contributed by atoms with van der Waals surface area (Å²) in [6.45, 7) is 5.60. The first-order valence-corrected chi connectivity index (χ1v) is 6.72. The number of aliphatic hydroxyl groups is 1. The summed E-state index contributed by atoms with van der Waals surface area (Å²) in [5.74, 6) is -0.684. The van der Waals surface area contributed by atoms with E-state index in [1.807, 2.05) is 51.1 Å². The highest BCUT2D eigenvalue weighted by molar-refractivity contribution is 5.21. The molecule has 2 heterocycles. The highest BCUT2D eigenvalue weighted by atomic mass is 16.8. The molecule has 0 aromatic heterocycles. The molecule has 0 radical (unpaired) electrons. The minimum atomic E-state index is -0.684. The van der Waals surface area contributed by atoms with Crippen LogP contribution in [0.25, 0.3) is 0 Å². The molecule has 19 heavy (non-hydrogen) atoms. The van der Waals surface area contributed by atoms with Crippen molar-refractivity contribution in [3.63, 3.8) is 0 Å². The number of hydrogen-bond donors (Lipinski definition) is 1. The van der Waals surface area contributed by atoms with Gasteiger partial charge in [0.05, 0.1) is 6.10 Å². The molecule has 4 nitrogen and oxygen atoms in total. The lowest BCUT2D eigenvalue weighted by Gasteiger charge is -2.39. The lowest BCUT2D eigenvalue weighted by molar-refractivity contribution is -0.183. The first kappa shape index (κ1) is 13.1. The average Bonchev–Trinajstić information content (AvgIpc) is 2.71. The molecule has 0 unspecified atom stereocenters. The summed E-state index contributed by atoms with van der Waals surface area (Å²) >= 11 is 0. The predicted molar refractivity (Wildman–Crippen MR) is 69.6 cm³/mol. The van der Waals surface area contributed by atoms with Crippen molar-refractivity contribution in [1.29, 1.82) is 0 Å². The SMILES string of the molecule is C[C@@H]1O[C@@H](c2ccccc2)[C@@H]2OC(C)(C)O[C@@H]2[C@H]1O. The highest BCUT2D eigenvalue weighted by Gasteiger charge is 2.54. The third-order valence-corrected chi connectivity index (χ3v) is 3.77. The zero-order valence-corrected chi connectivity index (χ0v) is 11.4. The van der Waals surface area contributed by atoms with Gasteiger partial charge in [-0.05, 0) is 26.3 Å². The summed E-state index contributed by atoms with van der Waals surface area (Å²) in [5, 5.41) is 10.2. The van der Waals surface area contributed by atoms with Crippen LogP contribution in [0.15, 0.2) is 30.3 Å². The van der Waals surface area contributed by atoms with Gasteiger partial charge in [0, 0.05) is 0 Å². The largest absolute Gasteiger partial charge is 0.388 e. The summed E-state index contributed by atoms with van der Waals surface area (Å²) in [6.07, 6.45) is -1.75. The van der Waals surface area contributed by atoms with Crippen LogP contribution in [0.1, 0.15) is 32.4 Å². The standard InChI is InChI=1S/C15H20O4/c1-9-11(16)13-14(19-15(2,3)18-13)12(17-9)10-7-5-4-6-8-10/h4-9,11-14,16H,1-3H3/t9-,11-,12-,13+,14-/m0/s1. The molecular formula is C15H20O4. The van der Waals surface area contributed by atoms with E-state index in [0.717, 1.165) is 5.56 Å². The van der Waals surface area contributed by atoms with E-state index < -0.39 is 11.9 Å². The van der Waals surface area contributed by atoms with Crippen molar-refractivity contribution in [1.82, 2.24) is 0 Å². The third kappa shape index (κ3) is 2.30. The fraction of sp³-hybridized carbons (Fsp3) is 0.600. The summed E-state index contributed by atoms with van der Waals surface area (Å²) in [7, 11) is 0. The summed E-state index contributed by atoms with van der Waals surface area (Å²) in [4.78, 5) is 0. The van der Waals surface area contributed by atoms with E-state index in [-0.39, 0.29) is 24.4 Å². The van der Waals surface area contributed by atoms with Gasteiger partial charge >= 0.3 is 0 Å². The van der Waals surface area contributed by atoms with Crippen molar-refractivity contribution < 1.29 is 19.3 Å². The van der Waals surface area contributed by atoms with Gasteiger partial charge in [0.15, 0.2) is 5.79 Å². The van der Waals surface area contributed by atoms with Crippen molar-refractivity contribution >= 4 is 0 Å². The molecule has 0 spiro atoms. The maximum Gasteiger partial charge on any atom is 0.164 e. The Labute approximate surface area is 113 Å². The second kappa shape index (κ2) is 4.56. The Hall–Kier alpha value is -0.940. The van der Waals surface area contributed by atoms with Crippen molar-refractivity contribution in [2.75, 3.05) is 0 Å². The maximum atomic E-state index is 10.2. The van der Waals surface area contributed by atoms with Crippen LogP contribution in [0.3, 0.4) is 0 Å². The fourth-order valence-electron chi connectivity index (χ4n) is 2.88. The molecule has 1 N–H and O–H groups in total. The molecule has 0 bridgehead atoms. The minimum Gasteiger partial charge on any atom is -0.388 e. The molecule has 4 heteroatoms. The summed E-state index contributed by atoms with van der Waals surface area (Å²) in [6, 6.07) is 9.95. The van der Waals surface area contributed by atoms with Crippen LogP contribution in [-0.2, 0) is 14.2 Å². The molecule has 1 aromatic carbocycles. The zero-order chi connectivity index (χ0) is 13.6. The third-order valence-electron chi connectivity index (χ3n) is 3.77. The molecule has 0 amide bonds. The monoisotopic (exact) mass is 264 g/mol. The Kier molecular flexibility index (Phi) is 3.14. The Morgan fingerprint density at radius 3 is 2.37 bits per heavy atom. The van der Waals surface area contributed by atoms with Crippen molar-refractivity contribution in [2.45, 2.75) is 57.1 Å². The quantitative estimate of drug-likeness (QED) is 0.843. The van der Waals surface area contributed by atoms with E-state index in [4.69, 9.17) is 14.2 Å². The van der Waals surface area contributed by atoms with E-state index in [1.54, 1.807) is 0 Å². The normalized spacial score (nSPS) is 40.9. The van der Waals surface area contributed by atoms with E-state index in [9.17, 15) is 5.11 Å². The van der Waals surface area contributed by atoms with Gasteiger partial charge in [-0.25, -0.2) is 0 Å². The van der Waals surface area contributed by atoms with Gasteiger partial charge in [0.25, 0.3) is 0 Å². The number of hydrogen-bond acceptors (Lipinski definition) is 4. The van der Waals surface area contributed by atoms with E-state index >= 15 is 0 Å². The number of fused-ring (bicyclic) bond motifs is 1. The lowest BCUT2D eigenvalue weighted by atomic mass is 9.92. The minimum absolute atomic E-state index is 0.202. The molecule has 5 atom stereocenters. The van der Waals surface area contributed by atoms with Crippen molar-refractivity contribution in [3.8, 4) is 0 Å². The lowest BCUT2D eigenvalue weighted by Crippen LogP contribution is -2.51. The van der Waals surface area contributed by atoms with Crippen LogP contribution in [0.5, 0.6) is 0 Å². The number of ether oxygens (including phenoxy) is 3. The Balaban J connectivity index is 1.93. The molecular weight excluding hydrogens is 244 g/mol. The van der Waals surface area contributed by atoms with Gasteiger partial charge in [-0.15, -0.1) is 0 Å². The average molecular weight is 264 g/mol. The smallest absolute Gasteiger partial charge is 0.164 e. The van der Waals surface area contributed by atoms with E-state index in [2.05, 4.69) is 0 Å². The Bertz CT molecular complexity index is 445. The van der Waals surface area contributed by atoms with Crippen LogP contribution in [0.2, 0.25) is 0 Å². The number of aliphatic hydroxyl groups excluding tert-OH is 1. The van der Waals surface area contributed by atoms with Crippen LogP contribution >= 0.6 is 0 Å². The molecule has 104 valence electrons. The molecule has 2 aliphatic rings. The van der Waals surface area contributed by atoms with Crippen LogP contribution in [0.4, 0.5) is 0 Å². The molecule has 0 saturated carbocycles. The van der Waals surface area contributed by atoms with Gasteiger partial charge < -0.3 is 19.3 Å². The molecule has 2 aliphatic heterocycles. The van der Waals surface area contributed by atoms with Gasteiger partial charge in [-0.2, -0.15) is 0 Å². The number of benzene rings is 1. The van der Waals surface area contributed by atoms with E-state index in [1.165, 1.54) is 0 Å². The Morgan fingerprint density at radius 1 is 1.05 bits per heavy atom. The van der Waals surface area contributed by atoms with E-state index in [0.29, 0.717) is 0 Å². The Morgan fingerprint density at radius 2 is 1.68 bits per heavy atom. The van der Waals surface area contributed by atoms with Gasteiger partial charge in [-0.3, -0.25) is 0 Å². The second-order valence-electron chi connectivity index (χ2n) is 5.73. The predicted octanol–water partition coefficient (Wildman–Crippen LogP) is 2.03. The van der Waals surface area contributed by atoms with Crippen molar-refractivity contribution in [3.05, 3.63) is 35.9 Å². The van der Waals surface area contributed by atoms with Gasteiger partial charge in [0.1, 0.15) is 24.4 Å². The molecule has 0 aliphatic carbocycles. The van der Waals surface area contributed by atoms with Crippen LogP contribution in [0, 0.1) is 0 Å². The fourth-order valence-corrected chi connectivity index (χ4v) is 2.88. The van der Waals surface area contributed by atoms with Crippen LogP contribution < -0.4 is 0 Å². The topological polar surface area (TPSA) is 47.9 Å². The first-order chi connectivity index (χ1) is 8.98. The molecule has 2 saturated heterocycles. The van der Waals surface area contributed by atoms with Crippen LogP contribution in [-0.4, -0.2) is 35.3 Å². The first-order valence-electron chi connectivity index (χ1n) is 6.72. The van der Waals surface area contributed by atoms with Gasteiger partial charge in [-0.1, -0.05) is 30.3 Å².